The first-order valence-electron chi connectivity index (χ1n) is 5.23. The van der Waals surface area contributed by atoms with E-state index in [9.17, 15) is 14.5 Å². The molecule has 5 heteroatoms. The first-order valence-corrected chi connectivity index (χ1v) is 5.23. The minimum absolute atomic E-state index is 0.0621. The van der Waals surface area contributed by atoms with Gasteiger partial charge in [-0.1, -0.05) is 13.3 Å². The standard InChI is InChI=1S/C11H15FN2O2/c1-2-3-10(13)7-8-6-9(12)4-5-11(8)14(15)16/h4-6,10H,2-3,7,13H2,1H3. The lowest BCUT2D eigenvalue weighted by Crippen LogP contribution is -2.22. The second-order valence-electron chi connectivity index (χ2n) is 3.78. The molecule has 0 aliphatic rings. The van der Waals surface area contributed by atoms with Gasteiger partial charge in [0.1, 0.15) is 5.82 Å². The van der Waals surface area contributed by atoms with Crippen molar-refractivity contribution in [1.29, 1.82) is 0 Å². The molecule has 4 nitrogen and oxygen atoms in total. The number of halogens is 1. The highest BCUT2D eigenvalue weighted by Gasteiger charge is 2.16. The van der Waals surface area contributed by atoms with Crippen LogP contribution in [0.5, 0.6) is 0 Å². The number of nitrogens with zero attached hydrogens (tertiary/aromatic N) is 1. The van der Waals surface area contributed by atoms with E-state index in [2.05, 4.69) is 0 Å². The van der Waals surface area contributed by atoms with Crippen molar-refractivity contribution >= 4 is 5.69 Å². The van der Waals surface area contributed by atoms with E-state index in [4.69, 9.17) is 5.73 Å². The summed E-state index contributed by atoms with van der Waals surface area (Å²) in [6.07, 6.45) is 2.01. The molecule has 1 atom stereocenters. The van der Waals surface area contributed by atoms with E-state index in [-0.39, 0.29) is 11.7 Å². The third kappa shape index (κ3) is 3.27. The molecule has 0 fully saturated rings. The summed E-state index contributed by atoms with van der Waals surface area (Å²) in [5, 5.41) is 10.7. The zero-order chi connectivity index (χ0) is 12.1. The predicted molar refractivity (Wildman–Crippen MR) is 59.6 cm³/mol. The van der Waals surface area contributed by atoms with E-state index in [0.717, 1.165) is 18.9 Å². The summed E-state index contributed by atoms with van der Waals surface area (Å²) >= 11 is 0. The second kappa shape index (κ2) is 5.55. The monoisotopic (exact) mass is 226 g/mol. The van der Waals surface area contributed by atoms with Crippen molar-refractivity contribution in [2.24, 2.45) is 5.73 Å². The zero-order valence-corrected chi connectivity index (χ0v) is 9.15. The van der Waals surface area contributed by atoms with Gasteiger partial charge in [0, 0.05) is 17.7 Å². The van der Waals surface area contributed by atoms with E-state index < -0.39 is 10.7 Å². The minimum Gasteiger partial charge on any atom is -0.327 e. The molecule has 16 heavy (non-hydrogen) atoms. The number of hydrogen-bond acceptors (Lipinski definition) is 3. The highest BCUT2D eigenvalue weighted by Crippen LogP contribution is 2.21. The first kappa shape index (κ1) is 12.6. The van der Waals surface area contributed by atoms with Crippen LogP contribution in [-0.4, -0.2) is 11.0 Å². The lowest BCUT2D eigenvalue weighted by molar-refractivity contribution is -0.385. The summed E-state index contributed by atoms with van der Waals surface area (Å²) in [6.45, 7) is 1.99. The van der Waals surface area contributed by atoms with Crippen molar-refractivity contribution < 1.29 is 9.31 Å². The fraction of sp³-hybridized carbons (Fsp3) is 0.455. The molecule has 1 unspecified atom stereocenters. The van der Waals surface area contributed by atoms with Crippen molar-refractivity contribution in [2.75, 3.05) is 0 Å². The highest BCUT2D eigenvalue weighted by atomic mass is 19.1. The maximum atomic E-state index is 13.0. The van der Waals surface area contributed by atoms with Crippen LogP contribution < -0.4 is 5.73 Å². The van der Waals surface area contributed by atoms with Crippen LogP contribution in [0, 0.1) is 15.9 Å². The first-order chi connectivity index (χ1) is 7.54. The highest BCUT2D eigenvalue weighted by molar-refractivity contribution is 5.40. The number of nitro benzene ring substituents is 1. The van der Waals surface area contributed by atoms with Crippen LogP contribution in [0.4, 0.5) is 10.1 Å². The Morgan fingerprint density at radius 2 is 2.25 bits per heavy atom. The molecule has 0 spiro atoms. The number of hydrogen-bond donors (Lipinski definition) is 1. The van der Waals surface area contributed by atoms with Crippen LogP contribution >= 0.6 is 0 Å². The van der Waals surface area contributed by atoms with Crippen molar-refractivity contribution in [3.05, 3.63) is 39.7 Å². The van der Waals surface area contributed by atoms with Crippen molar-refractivity contribution in [3.63, 3.8) is 0 Å². The van der Waals surface area contributed by atoms with Gasteiger partial charge in [-0.15, -0.1) is 0 Å². The summed E-state index contributed by atoms with van der Waals surface area (Å²) < 4.78 is 13.0. The Labute approximate surface area is 93.4 Å². The Morgan fingerprint density at radius 1 is 1.56 bits per heavy atom. The zero-order valence-electron chi connectivity index (χ0n) is 9.15. The molecule has 0 radical (unpaired) electrons. The number of nitrogens with two attached hydrogens (primary N) is 1. The van der Waals surface area contributed by atoms with Crippen LogP contribution in [0.1, 0.15) is 25.3 Å². The largest absolute Gasteiger partial charge is 0.327 e. The molecule has 0 heterocycles. The van der Waals surface area contributed by atoms with Gasteiger partial charge in [-0.25, -0.2) is 4.39 Å². The third-order valence-electron chi connectivity index (χ3n) is 2.38. The molecule has 1 rings (SSSR count). The van der Waals surface area contributed by atoms with Crippen LogP contribution in [0.2, 0.25) is 0 Å². The molecule has 88 valence electrons. The van der Waals surface area contributed by atoms with Crippen LogP contribution in [0.15, 0.2) is 18.2 Å². The Kier molecular flexibility index (Phi) is 4.37. The lowest BCUT2D eigenvalue weighted by Gasteiger charge is -2.10. The van der Waals surface area contributed by atoms with Gasteiger partial charge in [0.15, 0.2) is 0 Å². The summed E-state index contributed by atoms with van der Waals surface area (Å²) in [6, 6.07) is 3.30. The molecule has 1 aromatic carbocycles. The third-order valence-corrected chi connectivity index (χ3v) is 2.38. The smallest absolute Gasteiger partial charge is 0.272 e. The Morgan fingerprint density at radius 3 is 2.81 bits per heavy atom. The molecule has 0 amide bonds. The molecule has 0 bridgehead atoms. The van der Waals surface area contributed by atoms with Gasteiger partial charge in [0.2, 0.25) is 0 Å². The topological polar surface area (TPSA) is 69.2 Å². The van der Waals surface area contributed by atoms with Crippen molar-refractivity contribution in [1.82, 2.24) is 0 Å². The minimum atomic E-state index is -0.507. The van der Waals surface area contributed by atoms with E-state index in [0.29, 0.717) is 12.0 Å². The van der Waals surface area contributed by atoms with E-state index in [1.165, 1.54) is 12.1 Å². The summed E-state index contributed by atoms with van der Waals surface area (Å²) in [5.74, 6) is -0.468. The van der Waals surface area contributed by atoms with Gasteiger partial charge < -0.3 is 5.73 Å². The number of rotatable bonds is 5. The molecule has 2 N–H and O–H groups in total. The summed E-state index contributed by atoms with van der Waals surface area (Å²) in [7, 11) is 0. The molecular weight excluding hydrogens is 211 g/mol. The lowest BCUT2D eigenvalue weighted by atomic mass is 10.0. The van der Waals surface area contributed by atoms with Crippen LogP contribution in [-0.2, 0) is 6.42 Å². The van der Waals surface area contributed by atoms with Gasteiger partial charge in [0.05, 0.1) is 4.92 Å². The van der Waals surface area contributed by atoms with Crippen LogP contribution in [0.3, 0.4) is 0 Å². The molecule has 0 aliphatic heterocycles. The average molecular weight is 226 g/mol. The van der Waals surface area contributed by atoms with Crippen LogP contribution in [0.25, 0.3) is 0 Å². The molecule has 1 aromatic rings. The maximum Gasteiger partial charge on any atom is 0.272 e. The number of nitro groups is 1. The quantitative estimate of drug-likeness (QED) is 0.619. The number of benzene rings is 1. The maximum absolute atomic E-state index is 13.0. The van der Waals surface area contributed by atoms with Gasteiger partial charge in [0.25, 0.3) is 5.69 Å². The SMILES string of the molecule is CCCC(N)Cc1cc(F)ccc1[N+](=O)[O-]. The summed E-state index contributed by atoms with van der Waals surface area (Å²) in [4.78, 5) is 10.2. The normalized spacial score (nSPS) is 12.4. The van der Waals surface area contributed by atoms with Crippen molar-refractivity contribution in [2.45, 2.75) is 32.2 Å². The van der Waals surface area contributed by atoms with E-state index in [1.807, 2.05) is 6.92 Å². The summed E-state index contributed by atoms with van der Waals surface area (Å²) in [5.41, 5.74) is 6.09. The van der Waals surface area contributed by atoms with E-state index in [1.54, 1.807) is 0 Å². The van der Waals surface area contributed by atoms with E-state index >= 15 is 0 Å². The van der Waals surface area contributed by atoms with Crippen molar-refractivity contribution in [3.8, 4) is 0 Å². The molecule has 0 aliphatic carbocycles. The fourth-order valence-corrected chi connectivity index (χ4v) is 1.65. The fourth-order valence-electron chi connectivity index (χ4n) is 1.65. The Balaban J connectivity index is 2.92. The molecule has 0 saturated heterocycles. The van der Waals surface area contributed by atoms with Gasteiger partial charge >= 0.3 is 0 Å². The Hall–Kier alpha value is -1.49. The van der Waals surface area contributed by atoms with Gasteiger partial charge in [-0.3, -0.25) is 10.1 Å². The molecule has 0 saturated carbocycles. The van der Waals surface area contributed by atoms with Gasteiger partial charge in [-0.05, 0) is 25.0 Å². The van der Waals surface area contributed by atoms with Gasteiger partial charge in [-0.2, -0.15) is 0 Å². The average Bonchev–Trinajstić information content (AvgIpc) is 2.17. The second-order valence-corrected chi connectivity index (χ2v) is 3.78. The molecule has 0 aromatic heterocycles. The molecular formula is C11H15FN2O2. The Bertz CT molecular complexity index is 382. The predicted octanol–water partition coefficient (Wildman–Crippen LogP) is 2.40.